The van der Waals surface area contributed by atoms with E-state index in [9.17, 15) is 4.79 Å². The highest BCUT2D eigenvalue weighted by Crippen LogP contribution is 2.17. The van der Waals surface area contributed by atoms with Crippen LogP contribution in [0.3, 0.4) is 0 Å². The Morgan fingerprint density at radius 1 is 1.56 bits per heavy atom. The Morgan fingerprint density at radius 2 is 2.22 bits per heavy atom. The molecule has 1 aromatic heterocycles. The molecule has 0 bridgehead atoms. The third kappa shape index (κ3) is 3.66. The Balaban J connectivity index is 2.96. The molecular weight excluding hydrogens is 248 g/mol. The molecule has 0 aliphatic carbocycles. The maximum Gasteiger partial charge on any atom is 0.239 e. The number of carbonyl (C=O) groups is 1. The van der Waals surface area contributed by atoms with Gasteiger partial charge in [-0.2, -0.15) is 0 Å². The van der Waals surface area contributed by atoms with E-state index in [0.29, 0.717) is 17.9 Å². The molecule has 1 heterocycles. The summed E-state index contributed by atoms with van der Waals surface area (Å²) in [7, 11) is 1.79. The van der Waals surface area contributed by atoms with E-state index in [1.165, 1.54) is 0 Å². The van der Waals surface area contributed by atoms with Gasteiger partial charge in [0.1, 0.15) is 10.8 Å². The standard InChI is InChI=1S/C12H18N4OS/c1-4-14-10(17)7-16(3)12-9(11(13)18)6-5-8(2)15-12/h5-6H,4,7H2,1-3H3,(H2,13,18)(H,14,17). The maximum absolute atomic E-state index is 11.5. The van der Waals surface area contributed by atoms with Crippen LogP contribution in [0.5, 0.6) is 0 Å². The lowest BCUT2D eigenvalue weighted by atomic mass is 10.2. The van der Waals surface area contributed by atoms with E-state index >= 15 is 0 Å². The lowest BCUT2D eigenvalue weighted by Gasteiger charge is -2.20. The minimum absolute atomic E-state index is 0.0582. The third-order valence-electron chi connectivity index (χ3n) is 2.40. The van der Waals surface area contributed by atoms with Crippen LogP contribution in [-0.2, 0) is 4.79 Å². The van der Waals surface area contributed by atoms with Gasteiger partial charge in [-0.3, -0.25) is 4.79 Å². The molecule has 0 saturated carbocycles. The normalized spacial score (nSPS) is 9.94. The number of nitrogens with zero attached hydrogens (tertiary/aromatic N) is 2. The van der Waals surface area contributed by atoms with Crippen LogP contribution in [0.15, 0.2) is 12.1 Å². The number of likely N-dealkylation sites (N-methyl/N-ethyl adjacent to an activating group) is 2. The monoisotopic (exact) mass is 266 g/mol. The molecule has 0 aromatic carbocycles. The first-order chi connectivity index (χ1) is 8.45. The van der Waals surface area contributed by atoms with E-state index < -0.39 is 0 Å². The van der Waals surface area contributed by atoms with Crippen LogP contribution in [0.2, 0.25) is 0 Å². The van der Waals surface area contributed by atoms with Crippen molar-refractivity contribution in [2.45, 2.75) is 13.8 Å². The van der Waals surface area contributed by atoms with Gasteiger partial charge in [0.2, 0.25) is 5.91 Å². The number of pyridine rings is 1. The number of thiocarbonyl (C=S) groups is 1. The second-order valence-corrected chi connectivity index (χ2v) is 4.44. The van der Waals surface area contributed by atoms with Crippen molar-refractivity contribution in [2.24, 2.45) is 5.73 Å². The van der Waals surface area contributed by atoms with Crippen LogP contribution >= 0.6 is 12.2 Å². The Morgan fingerprint density at radius 3 is 2.78 bits per heavy atom. The number of hydrogen-bond donors (Lipinski definition) is 2. The number of anilines is 1. The average Bonchev–Trinajstić information content (AvgIpc) is 2.28. The molecule has 0 aliphatic heterocycles. The zero-order chi connectivity index (χ0) is 13.7. The number of carbonyl (C=O) groups excluding carboxylic acids is 1. The largest absolute Gasteiger partial charge is 0.389 e. The molecule has 0 unspecified atom stereocenters. The highest BCUT2D eigenvalue weighted by atomic mass is 32.1. The molecule has 1 rings (SSSR count). The Labute approximate surface area is 112 Å². The highest BCUT2D eigenvalue weighted by molar-refractivity contribution is 7.80. The summed E-state index contributed by atoms with van der Waals surface area (Å²) < 4.78 is 0. The van der Waals surface area contributed by atoms with Crippen LogP contribution in [0, 0.1) is 6.92 Å². The highest BCUT2D eigenvalue weighted by Gasteiger charge is 2.14. The summed E-state index contributed by atoms with van der Waals surface area (Å²) in [4.78, 5) is 18.0. The second kappa shape index (κ2) is 6.30. The summed E-state index contributed by atoms with van der Waals surface area (Å²) in [5.74, 6) is 0.575. The first-order valence-electron chi connectivity index (χ1n) is 5.71. The van der Waals surface area contributed by atoms with Crippen molar-refractivity contribution >= 4 is 28.9 Å². The van der Waals surface area contributed by atoms with Crippen LogP contribution in [0.25, 0.3) is 0 Å². The van der Waals surface area contributed by atoms with Gasteiger partial charge in [0.05, 0.1) is 12.1 Å². The SMILES string of the molecule is CCNC(=O)CN(C)c1nc(C)ccc1C(N)=S. The Bertz CT molecular complexity index is 461. The van der Waals surface area contributed by atoms with Gasteiger partial charge >= 0.3 is 0 Å². The zero-order valence-electron chi connectivity index (χ0n) is 10.9. The van der Waals surface area contributed by atoms with Crippen LogP contribution in [-0.4, -0.2) is 36.0 Å². The summed E-state index contributed by atoms with van der Waals surface area (Å²) in [6.07, 6.45) is 0. The van der Waals surface area contributed by atoms with Gasteiger partial charge in [0, 0.05) is 19.3 Å². The fraction of sp³-hybridized carbons (Fsp3) is 0.417. The van der Waals surface area contributed by atoms with Gasteiger partial charge in [-0.25, -0.2) is 4.98 Å². The van der Waals surface area contributed by atoms with E-state index in [1.807, 2.05) is 26.0 Å². The number of aromatic nitrogens is 1. The molecule has 98 valence electrons. The van der Waals surface area contributed by atoms with Crippen LogP contribution in [0.4, 0.5) is 5.82 Å². The van der Waals surface area contributed by atoms with Crippen molar-refractivity contribution < 1.29 is 4.79 Å². The molecule has 6 heteroatoms. The quantitative estimate of drug-likeness (QED) is 0.764. The van der Waals surface area contributed by atoms with E-state index in [-0.39, 0.29) is 17.4 Å². The first kappa shape index (κ1) is 14.4. The molecule has 0 radical (unpaired) electrons. The average molecular weight is 266 g/mol. The van der Waals surface area contributed by atoms with Crippen molar-refractivity contribution in [2.75, 3.05) is 25.0 Å². The van der Waals surface area contributed by atoms with E-state index in [1.54, 1.807) is 11.9 Å². The fourth-order valence-corrected chi connectivity index (χ4v) is 1.73. The number of amides is 1. The number of hydrogen-bond acceptors (Lipinski definition) is 4. The lowest BCUT2D eigenvalue weighted by Crippen LogP contribution is -2.36. The van der Waals surface area contributed by atoms with E-state index in [0.717, 1.165) is 5.69 Å². The first-order valence-corrected chi connectivity index (χ1v) is 6.11. The summed E-state index contributed by atoms with van der Waals surface area (Å²) >= 11 is 4.99. The predicted molar refractivity (Wildman–Crippen MR) is 76.8 cm³/mol. The molecule has 1 aromatic rings. The number of nitrogens with one attached hydrogen (secondary N) is 1. The van der Waals surface area contributed by atoms with Crippen molar-refractivity contribution in [1.29, 1.82) is 0 Å². The summed E-state index contributed by atoms with van der Waals surface area (Å²) in [6.45, 7) is 4.59. The van der Waals surface area contributed by atoms with Crippen LogP contribution in [0.1, 0.15) is 18.2 Å². The van der Waals surface area contributed by atoms with Gasteiger partial charge in [-0.15, -0.1) is 0 Å². The Kier molecular flexibility index (Phi) is 5.03. The van der Waals surface area contributed by atoms with Gasteiger partial charge in [-0.1, -0.05) is 12.2 Å². The van der Waals surface area contributed by atoms with Gasteiger partial charge < -0.3 is 16.0 Å². The van der Waals surface area contributed by atoms with Crippen molar-refractivity contribution in [3.63, 3.8) is 0 Å². The maximum atomic E-state index is 11.5. The molecule has 0 fully saturated rings. The summed E-state index contributed by atoms with van der Waals surface area (Å²) in [5.41, 5.74) is 7.19. The summed E-state index contributed by atoms with van der Waals surface area (Å²) in [6, 6.07) is 3.67. The second-order valence-electron chi connectivity index (χ2n) is 4.00. The van der Waals surface area contributed by atoms with Crippen molar-refractivity contribution in [3.05, 3.63) is 23.4 Å². The van der Waals surface area contributed by atoms with E-state index in [2.05, 4.69) is 10.3 Å². The molecule has 0 atom stereocenters. The lowest BCUT2D eigenvalue weighted by molar-refractivity contribution is -0.119. The molecule has 0 aliphatic rings. The fourth-order valence-electron chi connectivity index (χ4n) is 1.57. The molecule has 3 N–H and O–H groups in total. The van der Waals surface area contributed by atoms with Crippen molar-refractivity contribution in [3.8, 4) is 0 Å². The van der Waals surface area contributed by atoms with Gasteiger partial charge in [-0.05, 0) is 26.0 Å². The molecule has 5 nitrogen and oxygen atoms in total. The number of aryl methyl sites for hydroxylation is 1. The van der Waals surface area contributed by atoms with E-state index in [4.69, 9.17) is 18.0 Å². The summed E-state index contributed by atoms with van der Waals surface area (Å²) in [5, 5.41) is 2.74. The minimum atomic E-state index is -0.0582. The molecular formula is C12H18N4OS. The molecule has 0 spiro atoms. The zero-order valence-corrected chi connectivity index (χ0v) is 11.7. The third-order valence-corrected chi connectivity index (χ3v) is 2.62. The minimum Gasteiger partial charge on any atom is -0.389 e. The van der Waals surface area contributed by atoms with Gasteiger partial charge in [0.15, 0.2) is 0 Å². The Hall–Kier alpha value is -1.69. The smallest absolute Gasteiger partial charge is 0.239 e. The van der Waals surface area contributed by atoms with Gasteiger partial charge in [0.25, 0.3) is 0 Å². The molecule has 1 amide bonds. The molecule has 0 saturated heterocycles. The number of rotatable bonds is 5. The van der Waals surface area contributed by atoms with Crippen molar-refractivity contribution in [1.82, 2.24) is 10.3 Å². The topological polar surface area (TPSA) is 71.2 Å². The number of nitrogens with two attached hydrogens (primary N) is 1. The van der Waals surface area contributed by atoms with Crippen LogP contribution < -0.4 is 16.0 Å². The molecule has 18 heavy (non-hydrogen) atoms. The predicted octanol–water partition coefficient (Wildman–Crippen LogP) is 0.597.